The number of rotatable bonds is 8. The van der Waals surface area contributed by atoms with Crippen LogP contribution in [-0.4, -0.2) is 0 Å². The molecule has 0 amide bonds. The summed E-state index contributed by atoms with van der Waals surface area (Å²) in [6, 6.07) is 103. The predicted octanol–water partition coefficient (Wildman–Crippen LogP) is 18.6. The smallest absolute Gasteiger partial charge is 0.0727 e. The standard InChI is InChI=1S/C69H46N2/c1-4-18-47(19-5-1)49-32-36-54(37-33-49)70(55-38-34-48-20-10-11-24-52(48)44-55)56-39-41-61-59-28-14-16-30-63(59)69(65(61)45-56)64-31-17-15-29-60(64)62-42-40-57(46-66(62)69)71(53-25-8-3-9-26-53)67-43-35-50-21-12-13-27-58(50)68(67)51-22-6-2-7-23-51/h1-46H. The maximum Gasteiger partial charge on any atom is 0.0727 e. The first-order chi connectivity index (χ1) is 35.2. The van der Waals surface area contributed by atoms with Crippen LogP contribution in [0.1, 0.15) is 22.3 Å². The number of anilines is 6. The van der Waals surface area contributed by atoms with Gasteiger partial charge in [-0.05, 0) is 149 Å². The monoisotopic (exact) mass is 902 g/mol. The summed E-state index contributed by atoms with van der Waals surface area (Å²) in [5.74, 6) is 0. The van der Waals surface area contributed by atoms with Gasteiger partial charge in [0.1, 0.15) is 0 Å². The molecule has 1 unspecified atom stereocenters. The minimum atomic E-state index is -0.607. The fourth-order valence-electron chi connectivity index (χ4n) is 11.9. The lowest BCUT2D eigenvalue weighted by atomic mass is 9.70. The molecule has 0 saturated heterocycles. The number of fused-ring (bicyclic) bond motifs is 12. The Morgan fingerprint density at radius 3 is 1.34 bits per heavy atom. The molecule has 0 saturated carbocycles. The molecule has 0 N–H and O–H groups in total. The molecule has 0 aromatic heterocycles. The van der Waals surface area contributed by atoms with E-state index in [1.807, 2.05) is 0 Å². The largest absolute Gasteiger partial charge is 0.310 e. The van der Waals surface area contributed by atoms with Crippen LogP contribution in [0.2, 0.25) is 0 Å². The molecule has 2 aliphatic carbocycles. The van der Waals surface area contributed by atoms with E-state index in [0.717, 1.165) is 34.1 Å². The zero-order valence-electron chi connectivity index (χ0n) is 39.0. The number of nitrogens with zero attached hydrogens (tertiary/aromatic N) is 2. The Balaban J connectivity index is 1.01. The molecule has 0 aliphatic heterocycles. The Bertz CT molecular complexity index is 3980. The first-order valence-electron chi connectivity index (χ1n) is 24.6. The van der Waals surface area contributed by atoms with Gasteiger partial charge in [0.15, 0.2) is 0 Å². The van der Waals surface area contributed by atoms with Gasteiger partial charge in [-0.3, -0.25) is 0 Å². The number of para-hydroxylation sites is 1. The number of benzene rings is 12. The Kier molecular flexibility index (Phi) is 9.47. The number of hydrogen-bond donors (Lipinski definition) is 0. The molecular formula is C69H46N2. The van der Waals surface area contributed by atoms with Gasteiger partial charge in [0.25, 0.3) is 0 Å². The molecule has 332 valence electrons. The van der Waals surface area contributed by atoms with Gasteiger partial charge in [-0.2, -0.15) is 0 Å². The van der Waals surface area contributed by atoms with Crippen molar-refractivity contribution < 1.29 is 0 Å². The van der Waals surface area contributed by atoms with E-state index in [4.69, 9.17) is 0 Å². The van der Waals surface area contributed by atoms with E-state index in [1.165, 1.54) is 88.3 Å². The minimum Gasteiger partial charge on any atom is -0.310 e. The zero-order chi connectivity index (χ0) is 46.9. The van der Waals surface area contributed by atoms with Gasteiger partial charge in [-0.25, -0.2) is 0 Å². The van der Waals surface area contributed by atoms with Crippen LogP contribution in [0.4, 0.5) is 34.1 Å². The van der Waals surface area contributed by atoms with E-state index in [1.54, 1.807) is 0 Å². The molecule has 0 heterocycles. The Morgan fingerprint density at radius 2 is 0.676 bits per heavy atom. The molecule has 2 heteroatoms. The third-order valence-electron chi connectivity index (χ3n) is 15.0. The third-order valence-corrected chi connectivity index (χ3v) is 15.0. The highest BCUT2D eigenvalue weighted by Gasteiger charge is 2.52. The van der Waals surface area contributed by atoms with Gasteiger partial charge in [-0.15, -0.1) is 0 Å². The predicted molar refractivity (Wildman–Crippen MR) is 298 cm³/mol. The van der Waals surface area contributed by atoms with E-state index in [2.05, 4.69) is 289 Å². The first-order valence-corrected chi connectivity index (χ1v) is 24.6. The average Bonchev–Trinajstić information content (AvgIpc) is 3.91. The summed E-state index contributed by atoms with van der Waals surface area (Å²) in [6.07, 6.45) is 0. The van der Waals surface area contributed by atoms with Crippen molar-refractivity contribution in [2.75, 3.05) is 9.80 Å². The molecular weight excluding hydrogens is 857 g/mol. The Labute approximate surface area is 414 Å². The van der Waals surface area contributed by atoms with Crippen LogP contribution in [0.5, 0.6) is 0 Å². The molecule has 71 heavy (non-hydrogen) atoms. The van der Waals surface area contributed by atoms with E-state index in [0.29, 0.717) is 0 Å². The summed E-state index contributed by atoms with van der Waals surface area (Å²) in [4.78, 5) is 4.92. The molecule has 1 atom stereocenters. The van der Waals surface area contributed by atoms with Crippen LogP contribution in [0, 0.1) is 0 Å². The molecule has 12 aromatic rings. The summed E-state index contributed by atoms with van der Waals surface area (Å²) in [5.41, 5.74) is 21.1. The van der Waals surface area contributed by atoms with Gasteiger partial charge in [0.05, 0.1) is 11.1 Å². The summed E-state index contributed by atoms with van der Waals surface area (Å²) < 4.78 is 0. The fourth-order valence-corrected chi connectivity index (χ4v) is 11.9. The SMILES string of the molecule is c1ccc(-c2ccc(N(c3ccc4c(c3)C3(c5ccccc5-4)c4ccccc4-c4ccc(N(c5ccccc5)c5ccc6ccccc6c5-c5ccccc5)cc43)c3ccc4ccccc4c3)cc2)cc1. The van der Waals surface area contributed by atoms with Crippen LogP contribution in [0.15, 0.2) is 279 Å². The maximum atomic E-state index is 2.51. The van der Waals surface area contributed by atoms with Crippen LogP contribution >= 0.6 is 0 Å². The zero-order valence-corrected chi connectivity index (χ0v) is 39.0. The van der Waals surface area contributed by atoms with Gasteiger partial charge in [-0.1, -0.05) is 212 Å². The molecule has 0 fully saturated rings. The van der Waals surface area contributed by atoms with E-state index in [-0.39, 0.29) is 0 Å². The van der Waals surface area contributed by atoms with Crippen molar-refractivity contribution in [3.05, 3.63) is 301 Å². The van der Waals surface area contributed by atoms with E-state index >= 15 is 0 Å². The molecule has 2 nitrogen and oxygen atoms in total. The molecule has 14 rings (SSSR count). The Hall–Kier alpha value is -9.24. The normalized spacial score (nSPS) is 14.0. The van der Waals surface area contributed by atoms with Gasteiger partial charge < -0.3 is 9.80 Å². The molecule has 12 aromatic carbocycles. The van der Waals surface area contributed by atoms with Crippen LogP contribution in [0.25, 0.3) is 66.1 Å². The summed E-state index contributed by atoms with van der Waals surface area (Å²) in [7, 11) is 0. The average molecular weight is 903 g/mol. The molecule has 1 spiro atoms. The highest BCUT2D eigenvalue weighted by molar-refractivity contribution is 6.06. The Morgan fingerprint density at radius 1 is 0.239 bits per heavy atom. The van der Waals surface area contributed by atoms with Crippen LogP contribution in [-0.2, 0) is 5.41 Å². The highest BCUT2D eigenvalue weighted by Crippen LogP contribution is 2.64. The first kappa shape index (κ1) is 40.8. The quantitative estimate of drug-likeness (QED) is 0.150. The van der Waals surface area contributed by atoms with Crippen molar-refractivity contribution >= 4 is 55.7 Å². The van der Waals surface area contributed by atoms with E-state index in [9.17, 15) is 0 Å². The molecule has 0 bridgehead atoms. The van der Waals surface area contributed by atoms with Crippen molar-refractivity contribution in [3.63, 3.8) is 0 Å². The van der Waals surface area contributed by atoms with Crippen molar-refractivity contribution in [2.24, 2.45) is 0 Å². The topological polar surface area (TPSA) is 6.48 Å². The number of hydrogen-bond acceptors (Lipinski definition) is 2. The summed E-state index contributed by atoms with van der Waals surface area (Å²) >= 11 is 0. The third kappa shape index (κ3) is 6.42. The van der Waals surface area contributed by atoms with Gasteiger partial charge >= 0.3 is 0 Å². The second-order valence-corrected chi connectivity index (χ2v) is 18.8. The van der Waals surface area contributed by atoms with Crippen molar-refractivity contribution in [1.29, 1.82) is 0 Å². The summed E-state index contributed by atoms with van der Waals surface area (Å²) in [5, 5.41) is 4.86. The second-order valence-electron chi connectivity index (χ2n) is 18.8. The van der Waals surface area contributed by atoms with Gasteiger partial charge in [0, 0.05) is 34.0 Å². The lowest BCUT2D eigenvalue weighted by molar-refractivity contribution is 0.793. The van der Waals surface area contributed by atoms with Crippen LogP contribution in [0.3, 0.4) is 0 Å². The molecule has 0 radical (unpaired) electrons. The van der Waals surface area contributed by atoms with Crippen molar-refractivity contribution in [2.45, 2.75) is 5.41 Å². The lowest BCUT2D eigenvalue weighted by Crippen LogP contribution is -2.26. The molecule has 2 aliphatic rings. The highest BCUT2D eigenvalue weighted by atomic mass is 15.1. The van der Waals surface area contributed by atoms with E-state index < -0.39 is 5.41 Å². The second kappa shape index (κ2) is 16.5. The lowest BCUT2D eigenvalue weighted by Gasteiger charge is -2.34. The van der Waals surface area contributed by atoms with Crippen molar-refractivity contribution in [3.8, 4) is 44.5 Å². The summed E-state index contributed by atoms with van der Waals surface area (Å²) in [6.45, 7) is 0. The van der Waals surface area contributed by atoms with Gasteiger partial charge in [0.2, 0.25) is 0 Å². The van der Waals surface area contributed by atoms with Crippen molar-refractivity contribution in [1.82, 2.24) is 0 Å². The minimum absolute atomic E-state index is 0.607. The fraction of sp³-hybridized carbons (Fsp3) is 0.0145. The maximum absolute atomic E-state index is 2.51. The van der Waals surface area contributed by atoms with Crippen LogP contribution < -0.4 is 9.80 Å².